The minimum atomic E-state index is -3.23. The normalized spacial score (nSPS) is 15.9. The molecule has 1 aromatic carbocycles. The topological polar surface area (TPSA) is 117 Å². The second kappa shape index (κ2) is 9.36. The van der Waals surface area contributed by atoms with Crippen LogP contribution in [0.2, 0.25) is 0 Å². The van der Waals surface area contributed by atoms with Gasteiger partial charge >= 0.3 is 0 Å². The number of sulfonamides is 1. The number of hydrogen-bond acceptors (Lipinski definition) is 6. The van der Waals surface area contributed by atoms with E-state index >= 15 is 0 Å². The molecule has 0 spiro atoms. The number of methoxy groups -OCH3 is 1. The number of hydrogen-bond donors (Lipinski definition) is 2. The molecule has 29 heavy (non-hydrogen) atoms. The molecule has 0 atom stereocenters. The van der Waals surface area contributed by atoms with Gasteiger partial charge in [-0.2, -0.15) is 4.98 Å². The van der Waals surface area contributed by atoms with Crippen molar-refractivity contribution >= 4 is 21.9 Å². The zero-order valence-corrected chi connectivity index (χ0v) is 17.5. The molecule has 1 aliphatic rings. The fourth-order valence-corrected chi connectivity index (χ4v) is 5.02. The largest absolute Gasteiger partial charge is 0.496 e. The van der Waals surface area contributed by atoms with Crippen LogP contribution in [-0.2, 0) is 14.8 Å². The molecule has 3 rings (SSSR count). The lowest BCUT2D eigenvalue weighted by Crippen LogP contribution is -2.42. The fourth-order valence-electron chi connectivity index (χ4n) is 3.34. The average Bonchev–Trinajstić information content (AvgIpc) is 3.20. The van der Waals surface area contributed by atoms with Crippen LogP contribution in [0.5, 0.6) is 5.75 Å². The van der Waals surface area contributed by atoms with E-state index in [0.717, 1.165) is 12.0 Å². The van der Waals surface area contributed by atoms with Crippen LogP contribution >= 0.6 is 0 Å². The molecule has 2 N–H and O–H groups in total. The summed E-state index contributed by atoms with van der Waals surface area (Å²) >= 11 is 0. The smallest absolute Gasteiger partial charge is 0.249 e. The van der Waals surface area contributed by atoms with Crippen molar-refractivity contribution in [3.8, 4) is 17.1 Å². The summed E-state index contributed by atoms with van der Waals surface area (Å²) in [5.74, 6) is 1.05. The van der Waals surface area contributed by atoms with Gasteiger partial charge in [-0.05, 0) is 31.4 Å². The molecule has 0 saturated carbocycles. The number of H-pyrrole nitrogens is 1. The van der Waals surface area contributed by atoms with Crippen LogP contribution in [0.3, 0.4) is 0 Å². The number of carbonyl (C=O) groups excluding carboxylic acids is 1. The molecule has 0 aliphatic carbocycles. The van der Waals surface area contributed by atoms with Crippen molar-refractivity contribution in [2.24, 2.45) is 5.92 Å². The van der Waals surface area contributed by atoms with Crippen LogP contribution in [0.15, 0.2) is 24.3 Å². The highest BCUT2D eigenvalue weighted by Gasteiger charge is 2.31. The molecule has 2 heterocycles. The molecule has 1 fully saturated rings. The molecule has 10 heteroatoms. The molecular formula is C19H27N5O4S. The van der Waals surface area contributed by atoms with Crippen LogP contribution < -0.4 is 10.1 Å². The second-order valence-electron chi connectivity index (χ2n) is 7.04. The number of benzene rings is 1. The van der Waals surface area contributed by atoms with E-state index in [0.29, 0.717) is 43.9 Å². The number of aromatic amines is 1. The van der Waals surface area contributed by atoms with Gasteiger partial charge in [0.15, 0.2) is 5.82 Å². The lowest BCUT2D eigenvalue weighted by molar-refractivity contribution is -0.121. The molecule has 0 radical (unpaired) electrons. The fraction of sp³-hybridized carbons (Fsp3) is 0.526. The molecule has 0 bridgehead atoms. The summed E-state index contributed by atoms with van der Waals surface area (Å²) in [6.07, 6.45) is 2.47. The first kappa shape index (κ1) is 21.3. The lowest BCUT2D eigenvalue weighted by atomic mass is 9.97. The molecule has 2 aromatic rings. The highest BCUT2D eigenvalue weighted by Crippen LogP contribution is 2.27. The van der Waals surface area contributed by atoms with Crippen molar-refractivity contribution in [1.82, 2.24) is 19.5 Å². The van der Waals surface area contributed by atoms with Crippen molar-refractivity contribution in [3.05, 3.63) is 24.3 Å². The molecule has 1 aromatic heterocycles. The second-order valence-corrected chi connectivity index (χ2v) is 9.13. The first-order chi connectivity index (χ1) is 13.9. The Morgan fingerprint density at radius 2 is 2.03 bits per heavy atom. The quantitative estimate of drug-likeness (QED) is 0.675. The van der Waals surface area contributed by atoms with Crippen LogP contribution in [0, 0.1) is 5.92 Å². The average molecular weight is 422 g/mol. The third-order valence-corrected chi connectivity index (χ3v) is 7.01. The first-order valence-electron chi connectivity index (χ1n) is 9.79. The van der Waals surface area contributed by atoms with Gasteiger partial charge in [0.2, 0.25) is 21.9 Å². The van der Waals surface area contributed by atoms with E-state index in [9.17, 15) is 13.2 Å². The molecule has 1 saturated heterocycles. The number of ether oxygens (including phenoxy) is 1. The highest BCUT2D eigenvalue weighted by atomic mass is 32.2. The van der Waals surface area contributed by atoms with Crippen molar-refractivity contribution in [3.63, 3.8) is 0 Å². The van der Waals surface area contributed by atoms with Gasteiger partial charge in [0.1, 0.15) is 5.75 Å². The van der Waals surface area contributed by atoms with Gasteiger partial charge < -0.3 is 4.74 Å². The van der Waals surface area contributed by atoms with Crippen molar-refractivity contribution in [2.75, 3.05) is 31.3 Å². The zero-order chi connectivity index (χ0) is 20.9. The van der Waals surface area contributed by atoms with Gasteiger partial charge in [0, 0.05) is 19.0 Å². The minimum Gasteiger partial charge on any atom is -0.496 e. The van der Waals surface area contributed by atoms with Gasteiger partial charge in [-0.25, -0.2) is 12.7 Å². The maximum Gasteiger partial charge on any atom is 0.249 e. The minimum absolute atomic E-state index is 0.170. The van der Waals surface area contributed by atoms with Crippen molar-refractivity contribution in [2.45, 2.75) is 32.6 Å². The Labute approximate surface area is 170 Å². The van der Waals surface area contributed by atoms with E-state index in [1.54, 1.807) is 7.11 Å². The Morgan fingerprint density at radius 3 is 2.72 bits per heavy atom. The van der Waals surface area contributed by atoms with Crippen molar-refractivity contribution < 1.29 is 17.9 Å². The number of carbonyl (C=O) groups is 1. The van der Waals surface area contributed by atoms with E-state index in [-0.39, 0.29) is 23.5 Å². The summed E-state index contributed by atoms with van der Waals surface area (Å²) in [5, 5.41) is 9.59. The number of rotatable bonds is 8. The van der Waals surface area contributed by atoms with Crippen LogP contribution in [0.4, 0.5) is 5.95 Å². The summed E-state index contributed by atoms with van der Waals surface area (Å²) in [6, 6.07) is 7.38. The number of anilines is 1. The molecule has 158 valence electrons. The van der Waals surface area contributed by atoms with Crippen LogP contribution in [0.25, 0.3) is 11.4 Å². The third-order valence-electron chi connectivity index (χ3n) is 5.06. The molecule has 0 unspecified atom stereocenters. The maximum atomic E-state index is 12.6. The Hall–Kier alpha value is -2.46. The number of piperidine rings is 1. The summed E-state index contributed by atoms with van der Waals surface area (Å²) in [7, 11) is -1.65. The van der Waals surface area contributed by atoms with E-state index in [1.165, 1.54) is 4.31 Å². The van der Waals surface area contributed by atoms with Gasteiger partial charge in [-0.3, -0.25) is 15.2 Å². The summed E-state index contributed by atoms with van der Waals surface area (Å²) in [5.41, 5.74) is 0.744. The summed E-state index contributed by atoms with van der Waals surface area (Å²) in [6.45, 7) is 2.70. The Balaban J connectivity index is 1.58. The number of aromatic nitrogens is 3. The first-order valence-corrected chi connectivity index (χ1v) is 11.4. The summed E-state index contributed by atoms with van der Waals surface area (Å²) in [4.78, 5) is 16.9. The Bertz CT molecular complexity index is 936. The maximum absolute atomic E-state index is 12.6. The molecule has 9 nitrogen and oxygen atoms in total. The SMILES string of the molecule is CCCCS(=O)(=O)N1CCC(C(=O)Nc2n[nH]c(-c3ccccc3OC)n2)CC1. The molecule has 1 amide bonds. The van der Waals surface area contributed by atoms with E-state index in [2.05, 4.69) is 20.5 Å². The molecule has 1 aliphatic heterocycles. The van der Waals surface area contributed by atoms with Gasteiger partial charge in [-0.15, -0.1) is 5.10 Å². The van der Waals surface area contributed by atoms with Gasteiger partial charge in [0.05, 0.1) is 18.4 Å². The monoisotopic (exact) mass is 421 g/mol. The Kier molecular flexibility index (Phi) is 6.86. The van der Waals surface area contributed by atoms with Crippen LogP contribution in [0.1, 0.15) is 32.6 Å². The van der Waals surface area contributed by atoms with E-state index in [4.69, 9.17) is 4.74 Å². The van der Waals surface area contributed by atoms with Crippen LogP contribution in [-0.4, -0.2) is 59.8 Å². The standard InChI is InChI=1S/C19H27N5O4S/c1-3-4-13-29(26,27)24-11-9-14(10-12-24)18(25)21-19-20-17(22-23-19)15-7-5-6-8-16(15)28-2/h5-8,14H,3-4,9-13H2,1-2H3,(H2,20,21,22,23,25). The van der Waals surface area contributed by atoms with E-state index < -0.39 is 10.0 Å². The third kappa shape index (κ3) is 5.13. The lowest BCUT2D eigenvalue weighted by Gasteiger charge is -2.30. The van der Waals surface area contributed by atoms with Gasteiger partial charge in [-0.1, -0.05) is 25.5 Å². The number of unbranched alkanes of at least 4 members (excludes halogenated alkanes) is 1. The number of para-hydroxylation sites is 1. The molecular weight excluding hydrogens is 394 g/mol. The Morgan fingerprint density at radius 1 is 1.31 bits per heavy atom. The zero-order valence-electron chi connectivity index (χ0n) is 16.7. The number of amides is 1. The number of nitrogens with one attached hydrogen (secondary N) is 2. The predicted molar refractivity (Wildman–Crippen MR) is 110 cm³/mol. The summed E-state index contributed by atoms with van der Waals surface area (Å²) < 4.78 is 31.4. The van der Waals surface area contributed by atoms with E-state index in [1.807, 2.05) is 31.2 Å². The van der Waals surface area contributed by atoms with Crippen molar-refractivity contribution in [1.29, 1.82) is 0 Å². The number of nitrogens with zero attached hydrogens (tertiary/aromatic N) is 3. The van der Waals surface area contributed by atoms with Gasteiger partial charge in [0.25, 0.3) is 0 Å². The predicted octanol–water partition coefficient (Wildman–Crippen LogP) is 2.26. The highest BCUT2D eigenvalue weighted by molar-refractivity contribution is 7.89.